The van der Waals surface area contributed by atoms with Crippen LogP contribution in [0.25, 0.3) is 0 Å². The molecule has 0 aliphatic heterocycles. The van der Waals surface area contributed by atoms with E-state index in [4.69, 9.17) is 4.74 Å². The number of rotatable bonds is 5. The Hall–Kier alpha value is -2.09. The van der Waals surface area contributed by atoms with Gasteiger partial charge in [0.05, 0.1) is 5.56 Å². The molecule has 0 saturated carbocycles. The molecule has 2 heteroatoms. The van der Waals surface area contributed by atoms with Crippen molar-refractivity contribution in [2.45, 2.75) is 13.3 Å². The Labute approximate surface area is 102 Å². The molecule has 1 aromatic rings. The minimum atomic E-state index is -0.381. The van der Waals surface area contributed by atoms with Crippen LogP contribution in [0.4, 0.5) is 0 Å². The molecule has 0 heterocycles. The van der Waals surface area contributed by atoms with E-state index in [1.165, 1.54) is 6.08 Å². The number of carbonyl (C=O) groups excluding carboxylic acids is 1. The Kier molecular flexibility index (Phi) is 4.95. The zero-order valence-corrected chi connectivity index (χ0v) is 9.98. The van der Waals surface area contributed by atoms with Gasteiger partial charge in [0, 0.05) is 0 Å². The summed E-state index contributed by atoms with van der Waals surface area (Å²) in [5.74, 6) is 0.0876. The molecule has 0 atom stereocenters. The summed E-state index contributed by atoms with van der Waals surface area (Å²) in [5, 5.41) is 0. The molecule has 0 unspecified atom stereocenters. The van der Waals surface area contributed by atoms with Gasteiger partial charge in [-0.2, -0.15) is 0 Å². The van der Waals surface area contributed by atoms with Crippen LogP contribution in [0, 0.1) is 0 Å². The summed E-state index contributed by atoms with van der Waals surface area (Å²) in [4.78, 5) is 11.8. The van der Waals surface area contributed by atoms with Gasteiger partial charge in [-0.05, 0) is 30.2 Å². The zero-order chi connectivity index (χ0) is 12.7. The van der Waals surface area contributed by atoms with Crippen LogP contribution in [0.3, 0.4) is 0 Å². The van der Waals surface area contributed by atoms with E-state index in [0.29, 0.717) is 11.3 Å². The highest BCUT2D eigenvalue weighted by atomic mass is 16.5. The first kappa shape index (κ1) is 13.0. The fraction of sp³-hybridized carbons (Fsp3) is 0.133. The van der Waals surface area contributed by atoms with Crippen molar-refractivity contribution < 1.29 is 9.53 Å². The predicted molar refractivity (Wildman–Crippen MR) is 69.6 cm³/mol. The molecule has 0 spiro atoms. The van der Waals surface area contributed by atoms with Crippen molar-refractivity contribution in [3.8, 4) is 0 Å². The van der Waals surface area contributed by atoms with Crippen LogP contribution in [0.15, 0.2) is 67.0 Å². The summed E-state index contributed by atoms with van der Waals surface area (Å²) in [5.41, 5.74) is 1.38. The minimum absolute atomic E-state index is 0.381. The Morgan fingerprint density at radius 3 is 2.35 bits per heavy atom. The number of hydrogen-bond acceptors (Lipinski definition) is 2. The quantitative estimate of drug-likeness (QED) is 0.434. The van der Waals surface area contributed by atoms with E-state index in [2.05, 4.69) is 13.2 Å². The van der Waals surface area contributed by atoms with E-state index >= 15 is 0 Å². The molecular formula is C15H16O2. The Balaban J connectivity index is 2.91. The van der Waals surface area contributed by atoms with Crippen molar-refractivity contribution in [1.82, 2.24) is 0 Å². The molecule has 88 valence electrons. The lowest BCUT2D eigenvalue weighted by Gasteiger charge is -2.08. The average molecular weight is 228 g/mol. The molecule has 0 bridgehead atoms. The molecule has 1 aromatic carbocycles. The fourth-order valence-corrected chi connectivity index (χ4v) is 1.39. The van der Waals surface area contributed by atoms with Crippen LogP contribution in [-0.4, -0.2) is 5.97 Å². The van der Waals surface area contributed by atoms with Crippen LogP contribution in [0.5, 0.6) is 0 Å². The second kappa shape index (κ2) is 6.48. The number of esters is 1. The molecule has 0 radical (unpaired) electrons. The number of ether oxygens (including phenoxy) is 1. The molecular weight excluding hydrogens is 212 g/mol. The van der Waals surface area contributed by atoms with E-state index in [1.807, 2.05) is 13.0 Å². The molecule has 0 amide bonds. The van der Waals surface area contributed by atoms with Gasteiger partial charge in [-0.3, -0.25) is 0 Å². The summed E-state index contributed by atoms with van der Waals surface area (Å²) in [6.45, 7) is 9.29. The van der Waals surface area contributed by atoms with Crippen LogP contribution in [0.2, 0.25) is 0 Å². The smallest absolute Gasteiger partial charge is 0.343 e. The van der Waals surface area contributed by atoms with Crippen LogP contribution < -0.4 is 0 Å². The van der Waals surface area contributed by atoms with E-state index in [-0.39, 0.29) is 5.97 Å². The highest BCUT2D eigenvalue weighted by Gasteiger charge is 2.09. The standard InChI is InChI=1S/C15H16O2/c1-4-12(5-2)14(6-3)17-15(16)13-10-8-7-9-11-13/h4,6-11H,1,3,5H2,2H3. The maximum atomic E-state index is 11.8. The highest BCUT2D eigenvalue weighted by molar-refractivity contribution is 5.90. The van der Waals surface area contributed by atoms with Crippen molar-refractivity contribution in [2.75, 3.05) is 0 Å². The second-order valence-corrected chi connectivity index (χ2v) is 3.41. The van der Waals surface area contributed by atoms with Crippen LogP contribution >= 0.6 is 0 Å². The number of benzene rings is 1. The molecule has 2 nitrogen and oxygen atoms in total. The van der Waals surface area contributed by atoms with Gasteiger partial charge < -0.3 is 4.74 Å². The lowest BCUT2D eigenvalue weighted by Crippen LogP contribution is -2.05. The summed E-state index contributed by atoms with van der Waals surface area (Å²) in [7, 11) is 0. The molecule has 17 heavy (non-hydrogen) atoms. The van der Waals surface area contributed by atoms with E-state index in [9.17, 15) is 4.79 Å². The highest BCUT2D eigenvalue weighted by Crippen LogP contribution is 2.14. The number of carbonyl (C=O) groups is 1. The summed E-state index contributed by atoms with van der Waals surface area (Å²) >= 11 is 0. The van der Waals surface area contributed by atoms with Gasteiger partial charge in [0.15, 0.2) is 0 Å². The molecule has 0 N–H and O–H groups in total. The van der Waals surface area contributed by atoms with Gasteiger partial charge in [-0.1, -0.05) is 44.4 Å². The van der Waals surface area contributed by atoms with Gasteiger partial charge in [0.25, 0.3) is 0 Å². The largest absolute Gasteiger partial charge is 0.423 e. The first-order valence-corrected chi connectivity index (χ1v) is 5.48. The van der Waals surface area contributed by atoms with Crippen molar-refractivity contribution in [1.29, 1.82) is 0 Å². The van der Waals surface area contributed by atoms with E-state index in [1.54, 1.807) is 30.3 Å². The molecule has 0 aromatic heterocycles. The Morgan fingerprint density at radius 1 is 1.24 bits per heavy atom. The lowest BCUT2D eigenvalue weighted by atomic mass is 10.1. The van der Waals surface area contributed by atoms with Gasteiger partial charge in [0.2, 0.25) is 0 Å². The third-order valence-electron chi connectivity index (χ3n) is 2.34. The lowest BCUT2D eigenvalue weighted by molar-refractivity contribution is 0.0634. The average Bonchev–Trinajstić information content (AvgIpc) is 2.39. The third kappa shape index (κ3) is 3.45. The van der Waals surface area contributed by atoms with Gasteiger partial charge >= 0.3 is 5.97 Å². The predicted octanol–water partition coefficient (Wildman–Crippen LogP) is 3.88. The number of hydrogen-bond donors (Lipinski definition) is 0. The summed E-state index contributed by atoms with van der Waals surface area (Å²) in [6.07, 6.45) is 3.95. The summed E-state index contributed by atoms with van der Waals surface area (Å²) < 4.78 is 5.28. The van der Waals surface area contributed by atoms with Crippen molar-refractivity contribution in [2.24, 2.45) is 0 Å². The topological polar surface area (TPSA) is 26.3 Å². The fourth-order valence-electron chi connectivity index (χ4n) is 1.39. The maximum absolute atomic E-state index is 11.8. The second-order valence-electron chi connectivity index (χ2n) is 3.41. The van der Waals surface area contributed by atoms with Gasteiger partial charge in [-0.25, -0.2) is 4.79 Å². The molecule has 1 rings (SSSR count). The molecule has 0 aliphatic carbocycles. The first-order chi connectivity index (χ1) is 8.22. The van der Waals surface area contributed by atoms with Gasteiger partial charge in [-0.15, -0.1) is 0 Å². The number of allylic oxidation sites excluding steroid dienone is 3. The third-order valence-corrected chi connectivity index (χ3v) is 2.34. The first-order valence-electron chi connectivity index (χ1n) is 5.48. The van der Waals surface area contributed by atoms with Crippen LogP contribution in [0.1, 0.15) is 23.7 Å². The molecule has 0 saturated heterocycles. The van der Waals surface area contributed by atoms with Gasteiger partial charge in [0.1, 0.15) is 5.76 Å². The van der Waals surface area contributed by atoms with Crippen LogP contribution in [-0.2, 0) is 4.74 Å². The minimum Gasteiger partial charge on any atom is -0.423 e. The Bertz CT molecular complexity index is 441. The summed E-state index contributed by atoms with van der Waals surface area (Å²) in [6, 6.07) is 8.86. The molecule has 0 aliphatic rings. The van der Waals surface area contributed by atoms with E-state index in [0.717, 1.165) is 12.0 Å². The van der Waals surface area contributed by atoms with E-state index < -0.39 is 0 Å². The van der Waals surface area contributed by atoms with Crippen molar-refractivity contribution >= 4 is 5.97 Å². The SMILES string of the molecule is C=CC(CC)=C(C=C)OC(=O)c1ccccc1. The molecule has 0 fully saturated rings. The zero-order valence-electron chi connectivity index (χ0n) is 9.98. The van der Waals surface area contributed by atoms with Crippen molar-refractivity contribution in [3.05, 3.63) is 72.5 Å². The Morgan fingerprint density at radius 2 is 1.88 bits per heavy atom. The maximum Gasteiger partial charge on any atom is 0.343 e. The normalized spacial score (nSPS) is 11.4. The monoisotopic (exact) mass is 228 g/mol. The van der Waals surface area contributed by atoms with Crippen molar-refractivity contribution in [3.63, 3.8) is 0 Å².